The van der Waals surface area contributed by atoms with Crippen molar-refractivity contribution in [1.29, 1.82) is 0 Å². The number of hydrogen-bond donors (Lipinski definition) is 0. The van der Waals surface area contributed by atoms with Gasteiger partial charge in [-0.2, -0.15) is 0 Å². The smallest absolute Gasteiger partial charge is 0.137 e. The van der Waals surface area contributed by atoms with Crippen LogP contribution in [0.2, 0.25) is 0 Å². The van der Waals surface area contributed by atoms with E-state index in [4.69, 9.17) is 13.9 Å². The molecule has 2 unspecified atom stereocenters. The number of benzene rings is 12. The molecule has 2 aliphatic carbocycles. The van der Waals surface area contributed by atoms with Gasteiger partial charge in [0.2, 0.25) is 0 Å². The largest absolute Gasteiger partial charge is 0.457 e. The van der Waals surface area contributed by atoms with Gasteiger partial charge in [0.1, 0.15) is 45.8 Å². The molecule has 400 valence electrons. The van der Waals surface area contributed by atoms with Crippen molar-refractivity contribution < 1.29 is 22.7 Å². The average Bonchev–Trinajstić information content (AvgIpc) is 1.73. The Morgan fingerprint density at radius 3 is 1.19 bits per heavy atom. The number of anilines is 3. The number of ether oxygens (including phenoxy) is 2. The first-order valence-electron chi connectivity index (χ1n) is 28.0. The molecule has 0 aliphatic heterocycles. The maximum Gasteiger partial charge on any atom is 0.137 e. The molecule has 13 aromatic rings. The molecule has 15 rings (SSSR count). The van der Waals surface area contributed by atoms with E-state index >= 15 is 8.78 Å². The third-order valence-corrected chi connectivity index (χ3v) is 17.0. The Hall–Kier alpha value is -10.8. The van der Waals surface area contributed by atoms with Crippen LogP contribution in [0.15, 0.2) is 291 Å². The second kappa shape index (κ2) is 20.0. The lowest BCUT2D eigenvalue weighted by Crippen LogP contribution is -2.29. The molecule has 0 bridgehead atoms. The van der Waals surface area contributed by atoms with Gasteiger partial charge in [0.05, 0.1) is 21.9 Å². The van der Waals surface area contributed by atoms with E-state index in [0.717, 1.165) is 117 Å². The molecule has 2 aliphatic rings. The summed E-state index contributed by atoms with van der Waals surface area (Å²) < 4.78 is 50.1. The molecule has 0 fully saturated rings. The molecule has 0 saturated heterocycles. The summed E-state index contributed by atoms with van der Waals surface area (Å²) in [7, 11) is 0. The Balaban J connectivity index is 0.961. The van der Waals surface area contributed by atoms with E-state index in [9.17, 15) is 0 Å². The van der Waals surface area contributed by atoms with Gasteiger partial charge in [0, 0.05) is 16.8 Å². The van der Waals surface area contributed by atoms with Crippen LogP contribution >= 0.6 is 0 Å². The Labute approximate surface area is 485 Å². The molecule has 1 heterocycles. The highest BCUT2D eigenvalue weighted by atomic mass is 19.1. The SMILES string of the molecule is C=Cc1ccc(Oc2ccc(C3(c4ccc(F)cc4)c4ccccc4-c4ccc(N(c5ccc6c(c5)C(c5ccc(F)cc5)(c5ccc(Oc7ccc(C=C)cc7)cc5)c5ccccc5-6)c5cccc6oc7ccccc7c56)cc43)cc2)cc1. The molecule has 1 aromatic heterocycles. The van der Waals surface area contributed by atoms with Gasteiger partial charge in [0.15, 0.2) is 0 Å². The first kappa shape index (κ1) is 50.2. The molecule has 0 saturated carbocycles. The summed E-state index contributed by atoms with van der Waals surface area (Å²) in [5.74, 6) is 2.15. The van der Waals surface area contributed by atoms with Crippen molar-refractivity contribution in [2.45, 2.75) is 10.8 Å². The normalized spacial score (nSPS) is 15.5. The zero-order valence-electron chi connectivity index (χ0n) is 45.5. The number of halogens is 2. The zero-order valence-corrected chi connectivity index (χ0v) is 45.5. The summed E-state index contributed by atoms with van der Waals surface area (Å²) in [6, 6.07) is 91.3. The third kappa shape index (κ3) is 7.94. The van der Waals surface area contributed by atoms with E-state index in [1.807, 2.05) is 127 Å². The summed E-state index contributed by atoms with van der Waals surface area (Å²) in [6.45, 7) is 7.81. The predicted octanol–water partition coefficient (Wildman–Crippen LogP) is 20.9. The lowest BCUT2D eigenvalue weighted by molar-refractivity contribution is 0.482. The van der Waals surface area contributed by atoms with Crippen LogP contribution in [0.5, 0.6) is 23.0 Å². The van der Waals surface area contributed by atoms with Crippen molar-refractivity contribution >= 4 is 51.2 Å². The fourth-order valence-electron chi connectivity index (χ4n) is 13.3. The molecule has 0 amide bonds. The fraction of sp³-hybridized carbons (Fsp3) is 0.0256. The van der Waals surface area contributed by atoms with Gasteiger partial charge in [0.25, 0.3) is 0 Å². The first-order valence-corrected chi connectivity index (χ1v) is 28.0. The van der Waals surface area contributed by atoms with Gasteiger partial charge in [-0.15, -0.1) is 0 Å². The second-order valence-electron chi connectivity index (χ2n) is 21.4. The third-order valence-electron chi connectivity index (χ3n) is 17.0. The van der Waals surface area contributed by atoms with Crippen molar-refractivity contribution in [2.75, 3.05) is 4.90 Å². The van der Waals surface area contributed by atoms with Crippen LogP contribution in [-0.4, -0.2) is 0 Å². The lowest BCUT2D eigenvalue weighted by atomic mass is 9.67. The van der Waals surface area contributed by atoms with Crippen molar-refractivity contribution in [1.82, 2.24) is 0 Å². The van der Waals surface area contributed by atoms with Gasteiger partial charge in [-0.25, -0.2) is 8.78 Å². The average molecular weight is 1090 g/mol. The Bertz CT molecular complexity index is 4460. The monoisotopic (exact) mass is 1090 g/mol. The highest BCUT2D eigenvalue weighted by Gasteiger charge is 2.48. The van der Waals surface area contributed by atoms with Gasteiger partial charge < -0.3 is 18.8 Å². The van der Waals surface area contributed by atoms with Crippen LogP contribution in [0.25, 0.3) is 56.3 Å². The number of nitrogens with zero attached hydrogens (tertiary/aromatic N) is 1. The van der Waals surface area contributed by atoms with E-state index in [0.29, 0.717) is 23.0 Å². The number of para-hydroxylation sites is 1. The van der Waals surface area contributed by atoms with Gasteiger partial charge in [-0.1, -0.05) is 183 Å². The first-order chi connectivity index (χ1) is 41.3. The van der Waals surface area contributed by atoms with E-state index in [2.05, 4.69) is 152 Å². The lowest BCUT2D eigenvalue weighted by Gasteiger charge is -2.36. The van der Waals surface area contributed by atoms with E-state index in [1.54, 1.807) is 24.3 Å². The van der Waals surface area contributed by atoms with E-state index in [1.165, 1.54) is 0 Å². The molecule has 0 spiro atoms. The predicted molar refractivity (Wildman–Crippen MR) is 336 cm³/mol. The molecule has 0 N–H and O–H groups in total. The Kier molecular flexibility index (Phi) is 12.0. The minimum Gasteiger partial charge on any atom is -0.457 e. The maximum absolute atomic E-state index is 15.3. The van der Waals surface area contributed by atoms with Crippen LogP contribution in [0.1, 0.15) is 55.6 Å². The standard InChI is InChI=1S/C78H51F2NO3/c1-3-50-20-38-60(39-21-50)82-62-42-28-54(29-43-62)77(52-24-32-56(79)33-25-52)69-15-8-5-12-64(69)66-46-36-58(48-71(66)77)81(73-17-11-19-75-76(73)68-14-7-10-18-74(68)84-75)59-37-47-67-65-13-6-9-16-70(65)78(72(67)49-59,53-26-34-57(80)35-27-53)55-30-44-63(45-31-55)83-61-40-22-51(4-2)23-41-61/h3-49H,1-2H2. The number of hydrogen-bond acceptors (Lipinski definition) is 4. The van der Waals surface area contributed by atoms with Gasteiger partial charge >= 0.3 is 0 Å². The van der Waals surface area contributed by atoms with Crippen LogP contribution in [0.3, 0.4) is 0 Å². The topological polar surface area (TPSA) is 34.8 Å². The number of furan rings is 1. The number of rotatable bonds is 13. The summed E-state index contributed by atoms with van der Waals surface area (Å²) in [4.78, 5) is 2.35. The van der Waals surface area contributed by atoms with Crippen LogP contribution in [-0.2, 0) is 10.8 Å². The van der Waals surface area contributed by atoms with Crippen molar-refractivity contribution in [3.05, 3.63) is 353 Å². The quantitative estimate of drug-likeness (QED) is 0.115. The Morgan fingerprint density at radius 2 is 0.738 bits per heavy atom. The van der Waals surface area contributed by atoms with Crippen molar-refractivity contribution in [3.8, 4) is 45.3 Å². The second-order valence-corrected chi connectivity index (χ2v) is 21.4. The van der Waals surface area contributed by atoms with Gasteiger partial charge in [-0.05, 0) is 193 Å². The van der Waals surface area contributed by atoms with Crippen molar-refractivity contribution in [3.63, 3.8) is 0 Å². The number of fused-ring (bicyclic) bond motifs is 9. The zero-order chi connectivity index (χ0) is 56.5. The minimum atomic E-state index is -0.915. The van der Waals surface area contributed by atoms with E-state index < -0.39 is 10.8 Å². The van der Waals surface area contributed by atoms with Crippen molar-refractivity contribution in [2.24, 2.45) is 0 Å². The summed E-state index contributed by atoms with van der Waals surface area (Å²) in [5, 5.41) is 1.94. The Morgan fingerprint density at radius 1 is 0.357 bits per heavy atom. The molecular formula is C78H51F2NO3. The fourth-order valence-corrected chi connectivity index (χ4v) is 13.3. The maximum atomic E-state index is 15.3. The molecule has 0 radical (unpaired) electrons. The summed E-state index contributed by atoms with van der Waals surface area (Å²) in [5.41, 5.74) is 16.7. The highest BCUT2D eigenvalue weighted by Crippen LogP contribution is 2.60. The molecule has 4 nitrogen and oxygen atoms in total. The van der Waals surface area contributed by atoms with Crippen LogP contribution < -0.4 is 14.4 Å². The highest BCUT2D eigenvalue weighted by molar-refractivity contribution is 6.13. The molecule has 84 heavy (non-hydrogen) atoms. The molecule has 2 atom stereocenters. The molecule has 6 heteroatoms. The van der Waals surface area contributed by atoms with Crippen LogP contribution in [0, 0.1) is 11.6 Å². The summed E-state index contributed by atoms with van der Waals surface area (Å²) in [6.07, 6.45) is 3.62. The van der Waals surface area contributed by atoms with Gasteiger partial charge in [-0.3, -0.25) is 0 Å². The van der Waals surface area contributed by atoms with E-state index in [-0.39, 0.29) is 11.6 Å². The van der Waals surface area contributed by atoms with Crippen LogP contribution in [0.4, 0.5) is 25.8 Å². The summed E-state index contributed by atoms with van der Waals surface area (Å²) >= 11 is 0. The molecular weight excluding hydrogens is 1040 g/mol. The molecule has 12 aromatic carbocycles. The minimum absolute atomic E-state index is 0.318.